The second kappa shape index (κ2) is 2.55. The van der Waals surface area contributed by atoms with Crippen molar-refractivity contribution in [3.63, 3.8) is 0 Å². The Morgan fingerprint density at radius 1 is 1.62 bits per heavy atom. The first-order chi connectivity index (χ1) is 3.80. The number of hydrogen-bond donors (Lipinski definition) is 0. The number of halogens is 2. The molecule has 46 valence electrons. The summed E-state index contributed by atoms with van der Waals surface area (Å²) in [4.78, 5) is 8.38. The van der Waals surface area contributed by atoms with Gasteiger partial charge in [0.15, 0.2) is 6.26 Å². The monoisotopic (exact) mass is 156 g/mol. The lowest BCUT2D eigenvalue weighted by Crippen LogP contribution is -2.10. The summed E-state index contributed by atoms with van der Waals surface area (Å²) in [5, 5.41) is 4.22. The average molecular weight is 157 g/mol. The highest BCUT2D eigenvalue weighted by molar-refractivity contribution is 6.36. The molecule has 1 heterocycles. The predicted molar refractivity (Wildman–Crippen MR) is 26.8 cm³/mol. The zero-order chi connectivity index (χ0) is 5.98. The van der Waals surface area contributed by atoms with Gasteiger partial charge in [0.1, 0.15) is 5.03 Å². The fraction of sp³-hybridized carbons (Fsp3) is 0.333. The van der Waals surface area contributed by atoms with Crippen LogP contribution >= 0.6 is 23.2 Å². The lowest BCUT2D eigenvalue weighted by Gasteiger charge is -2.10. The standard InChI is InChI=1S/C3H2Cl2O3/c4-2-1-6-8-7-3(2)5/h1,3H. The molecule has 0 aromatic carbocycles. The third-order valence-corrected chi connectivity index (χ3v) is 1.25. The molecule has 1 atom stereocenters. The van der Waals surface area contributed by atoms with Gasteiger partial charge in [-0.1, -0.05) is 23.2 Å². The van der Waals surface area contributed by atoms with Crippen LogP contribution in [0.25, 0.3) is 0 Å². The molecule has 0 amide bonds. The van der Waals surface area contributed by atoms with Crippen molar-refractivity contribution in [1.29, 1.82) is 0 Å². The van der Waals surface area contributed by atoms with Gasteiger partial charge >= 0.3 is 0 Å². The van der Waals surface area contributed by atoms with E-state index in [2.05, 4.69) is 14.8 Å². The van der Waals surface area contributed by atoms with Gasteiger partial charge < -0.3 is 4.89 Å². The summed E-state index contributed by atoms with van der Waals surface area (Å²) in [6, 6.07) is 0. The average Bonchev–Trinajstić information content (AvgIpc) is 1.77. The minimum Gasteiger partial charge on any atom is -0.315 e. The smallest absolute Gasteiger partial charge is 0.209 e. The van der Waals surface area contributed by atoms with E-state index in [4.69, 9.17) is 23.2 Å². The molecule has 0 saturated carbocycles. The van der Waals surface area contributed by atoms with Crippen molar-refractivity contribution in [3.8, 4) is 0 Å². The maximum atomic E-state index is 5.37. The third-order valence-electron chi connectivity index (χ3n) is 0.541. The molecular formula is C3H2Cl2O3. The van der Waals surface area contributed by atoms with Gasteiger partial charge in [0.05, 0.1) is 0 Å². The molecule has 1 aliphatic heterocycles. The summed E-state index contributed by atoms with van der Waals surface area (Å²) in [7, 11) is 0. The molecule has 8 heavy (non-hydrogen) atoms. The number of hydrogen-bond acceptors (Lipinski definition) is 3. The quantitative estimate of drug-likeness (QED) is 0.394. The number of alkyl halides is 1. The van der Waals surface area contributed by atoms with Crippen molar-refractivity contribution in [1.82, 2.24) is 0 Å². The normalized spacial score (nSPS) is 28.8. The highest BCUT2D eigenvalue weighted by Gasteiger charge is 2.15. The molecular weight excluding hydrogens is 155 g/mol. The van der Waals surface area contributed by atoms with Crippen LogP contribution in [0.3, 0.4) is 0 Å². The first kappa shape index (κ1) is 6.16. The van der Waals surface area contributed by atoms with E-state index in [-0.39, 0.29) is 5.03 Å². The third kappa shape index (κ3) is 1.26. The largest absolute Gasteiger partial charge is 0.315 e. The molecule has 0 aromatic rings. The fourth-order valence-electron chi connectivity index (χ4n) is 0.222. The molecule has 0 aromatic heterocycles. The van der Waals surface area contributed by atoms with Crippen molar-refractivity contribution in [2.75, 3.05) is 0 Å². The van der Waals surface area contributed by atoms with Crippen molar-refractivity contribution in [2.45, 2.75) is 5.56 Å². The van der Waals surface area contributed by atoms with Crippen LogP contribution in [-0.2, 0) is 14.8 Å². The Morgan fingerprint density at radius 2 is 2.38 bits per heavy atom. The van der Waals surface area contributed by atoms with Gasteiger partial charge in [0, 0.05) is 0 Å². The van der Waals surface area contributed by atoms with E-state index in [0.717, 1.165) is 6.26 Å². The van der Waals surface area contributed by atoms with Gasteiger partial charge in [-0.25, -0.2) is 0 Å². The summed E-state index contributed by atoms with van der Waals surface area (Å²) in [5.41, 5.74) is -0.745. The first-order valence-electron chi connectivity index (χ1n) is 1.79. The number of rotatable bonds is 0. The predicted octanol–water partition coefficient (Wildman–Crippen LogP) is 1.52. The van der Waals surface area contributed by atoms with Gasteiger partial charge in [-0.3, -0.25) is 0 Å². The maximum absolute atomic E-state index is 5.37. The Morgan fingerprint density at radius 3 is 2.75 bits per heavy atom. The van der Waals surface area contributed by atoms with Crippen molar-refractivity contribution in [2.24, 2.45) is 0 Å². The summed E-state index contributed by atoms with van der Waals surface area (Å²) in [5.74, 6) is 0. The Labute approximate surface area is 55.6 Å². The maximum Gasteiger partial charge on any atom is 0.209 e. The zero-order valence-corrected chi connectivity index (χ0v) is 5.15. The van der Waals surface area contributed by atoms with E-state index < -0.39 is 5.56 Å². The molecule has 1 rings (SSSR count). The van der Waals surface area contributed by atoms with Gasteiger partial charge in [-0.15, -0.1) is 0 Å². The van der Waals surface area contributed by atoms with E-state index in [1.165, 1.54) is 0 Å². The molecule has 1 unspecified atom stereocenters. The van der Waals surface area contributed by atoms with Crippen LogP contribution in [0, 0.1) is 0 Å². The van der Waals surface area contributed by atoms with Gasteiger partial charge in [0.25, 0.3) is 0 Å². The van der Waals surface area contributed by atoms with E-state index in [9.17, 15) is 0 Å². The van der Waals surface area contributed by atoms with Gasteiger partial charge in [0.2, 0.25) is 5.56 Å². The molecule has 0 N–H and O–H groups in total. The second-order valence-corrected chi connectivity index (χ2v) is 1.91. The molecule has 0 radical (unpaired) electrons. The van der Waals surface area contributed by atoms with Crippen LogP contribution in [0.4, 0.5) is 0 Å². The van der Waals surface area contributed by atoms with E-state index in [0.29, 0.717) is 0 Å². The highest BCUT2D eigenvalue weighted by atomic mass is 35.5. The SMILES string of the molecule is ClC1=COOOC1Cl. The van der Waals surface area contributed by atoms with Crippen molar-refractivity contribution in [3.05, 3.63) is 11.3 Å². The Balaban J connectivity index is 2.53. The second-order valence-electron chi connectivity index (χ2n) is 1.08. The van der Waals surface area contributed by atoms with Crippen LogP contribution in [0.15, 0.2) is 11.3 Å². The first-order valence-corrected chi connectivity index (χ1v) is 2.60. The van der Waals surface area contributed by atoms with Gasteiger partial charge in [-0.05, 0) is 5.04 Å². The van der Waals surface area contributed by atoms with E-state index >= 15 is 0 Å². The van der Waals surface area contributed by atoms with Crippen molar-refractivity contribution < 1.29 is 14.8 Å². The Kier molecular flexibility index (Phi) is 1.96. The highest BCUT2D eigenvalue weighted by Crippen LogP contribution is 2.19. The molecule has 0 fully saturated rings. The molecule has 3 nitrogen and oxygen atoms in total. The van der Waals surface area contributed by atoms with Crippen LogP contribution in [0.2, 0.25) is 0 Å². The topological polar surface area (TPSA) is 27.7 Å². The van der Waals surface area contributed by atoms with Crippen LogP contribution < -0.4 is 0 Å². The lowest BCUT2D eigenvalue weighted by molar-refractivity contribution is -0.501. The zero-order valence-electron chi connectivity index (χ0n) is 3.64. The molecule has 0 spiro atoms. The molecule has 0 bridgehead atoms. The minimum absolute atomic E-state index is 0.262. The molecule has 0 saturated heterocycles. The molecule has 0 aliphatic carbocycles. The van der Waals surface area contributed by atoms with Crippen LogP contribution in [-0.4, -0.2) is 5.56 Å². The van der Waals surface area contributed by atoms with Crippen LogP contribution in [0.5, 0.6) is 0 Å². The van der Waals surface area contributed by atoms with Crippen LogP contribution in [0.1, 0.15) is 0 Å². The molecule has 5 heteroatoms. The summed E-state index contributed by atoms with van der Waals surface area (Å²) >= 11 is 10.7. The molecule has 1 aliphatic rings. The van der Waals surface area contributed by atoms with E-state index in [1.807, 2.05) is 0 Å². The van der Waals surface area contributed by atoms with E-state index in [1.54, 1.807) is 0 Å². The Bertz CT molecular complexity index is 113. The van der Waals surface area contributed by atoms with Crippen molar-refractivity contribution >= 4 is 23.2 Å². The summed E-state index contributed by atoms with van der Waals surface area (Å²) < 4.78 is 0. The fourth-order valence-corrected chi connectivity index (χ4v) is 0.376. The van der Waals surface area contributed by atoms with Gasteiger partial charge in [-0.2, -0.15) is 4.89 Å². The minimum atomic E-state index is -0.745. The lowest BCUT2D eigenvalue weighted by atomic mass is 10.6. The summed E-state index contributed by atoms with van der Waals surface area (Å²) in [6.07, 6.45) is 1.16. The summed E-state index contributed by atoms with van der Waals surface area (Å²) in [6.45, 7) is 0. The Hall–Kier alpha value is 0.0400.